The first kappa shape index (κ1) is 16.1. The molecule has 3 nitrogen and oxygen atoms in total. The number of carbonyl (C=O) groups is 1. The second-order valence-electron chi connectivity index (χ2n) is 4.84. The highest BCUT2D eigenvalue weighted by molar-refractivity contribution is 7.98. The Bertz CT molecular complexity index is 392. The molecular weight excluding hydrogens is 256 g/mol. The van der Waals surface area contributed by atoms with E-state index in [1.54, 1.807) is 11.8 Å². The van der Waals surface area contributed by atoms with Crippen molar-refractivity contribution in [2.24, 2.45) is 11.7 Å². The average molecular weight is 280 g/mol. The summed E-state index contributed by atoms with van der Waals surface area (Å²) in [6.45, 7) is 4.61. The van der Waals surface area contributed by atoms with Crippen LogP contribution in [-0.4, -0.2) is 18.7 Å². The summed E-state index contributed by atoms with van der Waals surface area (Å²) in [5.74, 6) is 0.131. The molecule has 0 aliphatic rings. The van der Waals surface area contributed by atoms with Gasteiger partial charge in [0, 0.05) is 10.8 Å². The molecular formula is C15H24N2OS. The molecule has 0 aliphatic carbocycles. The van der Waals surface area contributed by atoms with E-state index >= 15 is 0 Å². The predicted octanol–water partition coefficient (Wildman–Crippen LogP) is 2.96. The van der Waals surface area contributed by atoms with Gasteiger partial charge in [-0.15, -0.1) is 11.8 Å². The van der Waals surface area contributed by atoms with Crippen LogP contribution in [0, 0.1) is 5.92 Å². The van der Waals surface area contributed by atoms with Gasteiger partial charge in [-0.3, -0.25) is 4.79 Å². The molecule has 0 bridgehead atoms. The second-order valence-corrected chi connectivity index (χ2v) is 5.72. The Kier molecular flexibility index (Phi) is 6.95. The van der Waals surface area contributed by atoms with Crippen molar-refractivity contribution in [2.75, 3.05) is 12.8 Å². The lowest BCUT2D eigenvalue weighted by Gasteiger charge is -2.18. The molecule has 0 aliphatic heterocycles. The van der Waals surface area contributed by atoms with E-state index in [-0.39, 0.29) is 17.9 Å². The molecule has 0 spiro atoms. The summed E-state index contributed by atoms with van der Waals surface area (Å²) in [5.41, 5.74) is 6.60. The maximum absolute atomic E-state index is 12.0. The number of amides is 1. The zero-order chi connectivity index (χ0) is 14.3. The molecule has 4 heteroatoms. The lowest BCUT2D eigenvalue weighted by Crippen LogP contribution is -2.31. The van der Waals surface area contributed by atoms with Crippen molar-refractivity contribution >= 4 is 17.7 Å². The molecule has 1 rings (SSSR count). The molecule has 106 valence electrons. The van der Waals surface area contributed by atoms with E-state index in [2.05, 4.69) is 35.8 Å². The van der Waals surface area contributed by atoms with Crippen LogP contribution < -0.4 is 11.1 Å². The molecule has 19 heavy (non-hydrogen) atoms. The van der Waals surface area contributed by atoms with Gasteiger partial charge in [0.05, 0.1) is 6.04 Å². The standard InChI is InChI=1S/C15H24N2OS/c1-11(5-4-10-16)15(18)17-12(2)13-6-8-14(19-3)9-7-13/h6-9,11-12H,4-5,10,16H2,1-3H3,(H,17,18). The molecule has 1 aromatic carbocycles. The van der Waals surface area contributed by atoms with Gasteiger partial charge in [-0.05, 0) is 50.3 Å². The van der Waals surface area contributed by atoms with Crippen molar-refractivity contribution in [1.29, 1.82) is 0 Å². The number of hydrogen-bond donors (Lipinski definition) is 2. The van der Waals surface area contributed by atoms with Crippen molar-refractivity contribution in [2.45, 2.75) is 37.6 Å². The summed E-state index contributed by atoms with van der Waals surface area (Å²) < 4.78 is 0. The van der Waals surface area contributed by atoms with Crippen LogP contribution in [0.3, 0.4) is 0 Å². The minimum atomic E-state index is 0.0245. The molecule has 0 radical (unpaired) electrons. The Balaban J connectivity index is 2.53. The van der Waals surface area contributed by atoms with E-state index in [1.807, 2.05) is 13.8 Å². The number of benzene rings is 1. The number of rotatable bonds is 7. The van der Waals surface area contributed by atoms with Crippen LogP contribution in [0.25, 0.3) is 0 Å². The van der Waals surface area contributed by atoms with Crippen molar-refractivity contribution in [3.63, 3.8) is 0 Å². The van der Waals surface area contributed by atoms with Gasteiger partial charge in [-0.25, -0.2) is 0 Å². The van der Waals surface area contributed by atoms with Gasteiger partial charge in [-0.1, -0.05) is 19.1 Å². The minimum Gasteiger partial charge on any atom is -0.349 e. The van der Waals surface area contributed by atoms with Crippen LogP contribution >= 0.6 is 11.8 Å². The van der Waals surface area contributed by atoms with Gasteiger partial charge in [0.1, 0.15) is 0 Å². The van der Waals surface area contributed by atoms with E-state index < -0.39 is 0 Å². The van der Waals surface area contributed by atoms with Gasteiger partial charge in [0.25, 0.3) is 0 Å². The number of thioether (sulfide) groups is 1. The first-order valence-electron chi connectivity index (χ1n) is 6.73. The molecule has 1 amide bonds. The normalized spacial score (nSPS) is 13.9. The summed E-state index contributed by atoms with van der Waals surface area (Å²) in [6, 6.07) is 8.35. The van der Waals surface area contributed by atoms with E-state index in [9.17, 15) is 4.79 Å². The maximum Gasteiger partial charge on any atom is 0.223 e. The van der Waals surface area contributed by atoms with Crippen LogP contribution in [-0.2, 0) is 4.79 Å². The molecule has 0 fully saturated rings. The summed E-state index contributed by atoms with van der Waals surface area (Å²) in [5, 5.41) is 3.06. The maximum atomic E-state index is 12.0. The fourth-order valence-electron chi connectivity index (χ4n) is 1.89. The topological polar surface area (TPSA) is 55.1 Å². The van der Waals surface area contributed by atoms with Crippen LogP contribution in [0.2, 0.25) is 0 Å². The minimum absolute atomic E-state index is 0.0245. The van der Waals surface area contributed by atoms with Crippen molar-refractivity contribution < 1.29 is 4.79 Å². The fraction of sp³-hybridized carbons (Fsp3) is 0.533. The molecule has 0 aromatic heterocycles. The van der Waals surface area contributed by atoms with E-state index in [0.717, 1.165) is 18.4 Å². The third kappa shape index (κ3) is 5.25. The summed E-state index contributed by atoms with van der Waals surface area (Å²) in [7, 11) is 0. The van der Waals surface area contributed by atoms with E-state index in [4.69, 9.17) is 5.73 Å². The number of nitrogens with two attached hydrogens (primary N) is 1. The van der Waals surface area contributed by atoms with Gasteiger partial charge in [0.2, 0.25) is 5.91 Å². The fourth-order valence-corrected chi connectivity index (χ4v) is 2.29. The predicted molar refractivity (Wildman–Crippen MR) is 82.2 cm³/mol. The summed E-state index contributed by atoms with van der Waals surface area (Å²) >= 11 is 1.72. The quantitative estimate of drug-likeness (QED) is 0.755. The number of hydrogen-bond acceptors (Lipinski definition) is 3. The average Bonchev–Trinajstić information content (AvgIpc) is 2.44. The Morgan fingerprint density at radius 3 is 2.47 bits per heavy atom. The van der Waals surface area contributed by atoms with Crippen LogP contribution in [0.5, 0.6) is 0 Å². The van der Waals surface area contributed by atoms with Crippen LogP contribution in [0.4, 0.5) is 0 Å². The van der Waals surface area contributed by atoms with Crippen molar-refractivity contribution in [3.8, 4) is 0 Å². The monoisotopic (exact) mass is 280 g/mol. The van der Waals surface area contributed by atoms with Crippen LogP contribution in [0.1, 0.15) is 38.3 Å². The SMILES string of the molecule is CSc1ccc(C(C)NC(=O)C(C)CCCN)cc1. The molecule has 2 atom stereocenters. The molecule has 1 aromatic rings. The molecule has 0 saturated carbocycles. The van der Waals surface area contributed by atoms with Gasteiger partial charge < -0.3 is 11.1 Å². The van der Waals surface area contributed by atoms with Crippen molar-refractivity contribution in [1.82, 2.24) is 5.32 Å². The highest BCUT2D eigenvalue weighted by Crippen LogP contribution is 2.19. The number of carbonyl (C=O) groups excluding carboxylic acids is 1. The highest BCUT2D eigenvalue weighted by Gasteiger charge is 2.15. The third-order valence-electron chi connectivity index (χ3n) is 3.26. The zero-order valence-corrected chi connectivity index (χ0v) is 12.8. The summed E-state index contributed by atoms with van der Waals surface area (Å²) in [6.07, 6.45) is 3.80. The molecule has 0 saturated heterocycles. The van der Waals surface area contributed by atoms with Crippen molar-refractivity contribution in [3.05, 3.63) is 29.8 Å². The number of nitrogens with one attached hydrogen (secondary N) is 1. The molecule has 0 heterocycles. The highest BCUT2D eigenvalue weighted by atomic mass is 32.2. The Labute approximate surface area is 120 Å². The van der Waals surface area contributed by atoms with Crippen LogP contribution in [0.15, 0.2) is 29.2 Å². The van der Waals surface area contributed by atoms with Gasteiger partial charge >= 0.3 is 0 Å². The van der Waals surface area contributed by atoms with Gasteiger partial charge in [-0.2, -0.15) is 0 Å². The Hall–Kier alpha value is -1.00. The second kappa shape index (κ2) is 8.23. The molecule has 3 N–H and O–H groups in total. The Morgan fingerprint density at radius 1 is 1.32 bits per heavy atom. The Morgan fingerprint density at radius 2 is 1.95 bits per heavy atom. The summed E-state index contributed by atoms with van der Waals surface area (Å²) in [4.78, 5) is 13.2. The van der Waals surface area contributed by atoms with Gasteiger partial charge in [0.15, 0.2) is 0 Å². The largest absolute Gasteiger partial charge is 0.349 e. The smallest absolute Gasteiger partial charge is 0.223 e. The zero-order valence-electron chi connectivity index (χ0n) is 12.0. The first-order valence-corrected chi connectivity index (χ1v) is 7.95. The first-order chi connectivity index (χ1) is 9.08. The van der Waals surface area contributed by atoms with E-state index in [1.165, 1.54) is 4.90 Å². The third-order valence-corrected chi connectivity index (χ3v) is 4.01. The lowest BCUT2D eigenvalue weighted by molar-refractivity contribution is -0.125. The lowest BCUT2D eigenvalue weighted by atomic mass is 10.0. The van der Waals surface area contributed by atoms with E-state index in [0.29, 0.717) is 6.54 Å². The molecule has 2 unspecified atom stereocenters.